The molecule has 146 valence electrons. The summed E-state index contributed by atoms with van der Waals surface area (Å²) >= 11 is 0. The summed E-state index contributed by atoms with van der Waals surface area (Å²) in [6.07, 6.45) is 3.44. The molecule has 2 aromatic heterocycles. The van der Waals surface area contributed by atoms with Gasteiger partial charge in [-0.1, -0.05) is 18.2 Å². The highest BCUT2D eigenvalue weighted by molar-refractivity contribution is 7.91. The quantitative estimate of drug-likeness (QED) is 0.658. The van der Waals surface area contributed by atoms with Crippen LogP contribution < -0.4 is 0 Å². The Labute approximate surface area is 163 Å². The molecule has 3 aromatic rings. The van der Waals surface area contributed by atoms with Gasteiger partial charge in [0, 0.05) is 13.1 Å². The fourth-order valence-electron chi connectivity index (χ4n) is 3.54. The Balaban J connectivity index is 1.49. The van der Waals surface area contributed by atoms with Crippen molar-refractivity contribution in [3.63, 3.8) is 0 Å². The number of benzene rings is 1. The molecule has 28 heavy (non-hydrogen) atoms. The lowest BCUT2D eigenvalue weighted by molar-refractivity contribution is 0.0792. The number of furan rings is 1. The van der Waals surface area contributed by atoms with Crippen molar-refractivity contribution in [3.05, 3.63) is 71.9 Å². The summed E-state index contributed by atoms with van der Waals surface area (Å²) in [5, 5.41) is 3.76. The predicted molar refractivity (Wildman–Crippen MR) is 104 cm³/mol. The van der Waals surface area contributed by atoms with Gasteiger partial charge in [0.15, 0.2) is 9.84 Å². The molecule has 3 heterocycles. The second kappa shape index (κ2) is 7.27. The van der Waals surface area contributed by atoms with Crippen LogP contribution in [-0.2, 0) is 15.6 Å². The summed E-state index contributed by atoms with van der Waals surface area (Å²) in [6.45, 7) is 2.45. The van der Waals surface area contributed by atoms with Crippen LogP contribution in [0, 0.1) is 6.92 Å². The van der Waals surface area contributed by atoms with Gasteiger partial charge in [-0.15, -0.1) is 0 Å². The molecule has 4 rings (SSSR count). The first kappa shape index (κ1) is 18.5. The van der Waals surface area contributed by atoms with E-state index in [-0.39, 0.29) is 18.2 Å². The van der Waals surface area contributed by atoms with Crippen molar-refractivity contribution in [2.75, 3.05) is 13.1 Å². The maximum atomic E-state index is 13.0. The van der Waals surface area contributed by atoms with Gasteiger partial charge in [0.25, 0.3) is 5.91 Å². The van der Waals surface area contributed by atoms with Gasteiger partial charge < -0.3 is 9.32 Å². The first-order valence-corrected chi connectivity index (χ1v) is 10.8. The number of nitrogens with zero attached hydrogens (tertiary/aromatic N) is 3. The topological polar surface area (TPSA) is 85.4 Å². The van der Waals surface area contributed by atoms with Gasteiger partial charge in [-0.25, -0.2) is 13.1 Å². The third-order valence-corrected chi connectivity index (χ3v) is 7.19. The van der Waals surface area contributed by atoms with E-state index in [9.17, 15) is 13.2 Å². The van der Waals surface area contributed by atoms with Crippen molar-refractivity contribution in [3.8, 4) is 5.69 Å². The van der Waals surface area contributed by atoms with Gasteiger partial charge in [0.05, 0.1) is 34.7 Å². The van der Waals surface area contributed by atoms with E-state index in [1.807, 2.05) is 37.3 Å². The van der Waals surface area contributed by atoms with Crippen molar-refractivity contribution in [1.82, 2.24) is 14.7 Å². The van der Waals surface area contributed by atoms with E-state index in [2.05, 4.69) is 5.10 Å². The van der Waals surface area contributed by atoms with Crippen molar-refractivity contribution in [1.29, 1.82) is 0 Å². The van der Waals surface area contributed by atoms with Crippen LogP contribution in [0.15, 0.2) is 59.3 Å². The van der Waals surface area contributed by atoms with Crippen molar-refractivity contribution in [2.45, 2.75) is 24.3 Å². The molecule has 0 bridgehead atoms. The SMILES string of the molecule is Cc1c(C(=O)N2CC[C@@H](S(=O)(=O)Cc3ccco3)C2)cnn1-c1ccccc1. The monoisotopic (exact) mass is 399 g/mol. The number of amides is 1. The largest absolute Gasteiger partial charge is 0.468 e. The first-order valence-electron chi connectivity index (χ1n) is 9.09. The molecule has 1 aliphatic heterocycles. The van der Waals surface area contributed by atoms with Crippen LogP contribution in [-0.4, -0.2) is 47.3 Å². The van der Waals surface area contributed by atoms with E-state index in [1.54, 1.807) is 27.9 Å². The van der Waals surface area contributed by atoms with Crippen LogP contribution in [0.4, 0.5) is 0 Å². The Bertz CT molecular complexity index is 1070. The lowest BCUT2D eigenvalue weighted by atomic mass is 10.2. The third-order valence-electron chi connectivity index (χ3n) is 5.10. The summed E-state index contributed by atoms with van der Waals surface area (Å²) in [4.78, 5) is 14.6. The molecule has 1 amide bonds. The van der Waals surface area contributed by atoms with Gasteiger partial charge in [-0.2, -0.15) is 5.10 Å². The molecule has 7 nitrogen and oxygen atoms in total. The summed E-state index contributed by atoms with van der Waals surface area (Å²) < 4.78 is 32.2. The summed E-state index contributed by atoms with van der Waals surface area (Å²) in [6, 6.07) is 12.9. The van der Waals surface area contributed by atoms with Crippen LogP contribution in [0.5, 0.6) is 0 Å². The molecule has 1 atom stereocenters. The molecule has 1 fully saturated rings. The molecular weight excluding hydrogens is 378 g/mol. The van der Waals surface area contributed by atoms with Crippen molar-refractivity contribution >= 4 is 15.7 Å². The van der Waals surface area contributed by atoms with E-state index in [4.69, 9.17) is 4.42 Å². The number of sulfone groups is 1. The Morgan fingerprint density at radius 1 is 1.21 bits per heavy atom. The molecular formula is C20H21N3O4S. The Morgan fingerprint density at radius 3 is 2.71 bits per heavy atom. The van der Waals surface area contributed by atoms with E-state index < -0.39 is 15.1 Å². The van der Waals surface area contributed by atoms with Gasteiger partial charge in [0.2, 0.25) is 0 Å². The highest BCUT2D eigenvalue weighted by atomic mass is 32.2. The van der Waals surface area contributed by atoms with Crippen LogP contribution in [0.1, 0.15) is 28.2 Å². The maximum Gasteiger partial charge on any atom is 0.257 e. The highest BCUT2D eigenvalue weighted by Gasteiger charge is 2.36. The zero-order chi connectivity index (χ0) is 19.7. The molecule has 0 spiro atoms. The average Bonchev–Trinajstić information content (AvgIpc) is 3.42. The molecule has 0 N–H and O–H groups in total. The number of likely N-dealkylation sites (tertiary alicyclic amines) is 1. The van der Waals surface area contributed by atoms with Crippen LogP contribution >= 0.6 is 0 Å². The van der Waals surface area contributed by atoms with Crippen LogP contribution in [0.2, 0.25) is 0 Å². The number of carbonyl (C=O) groups is 1. The van der Waals surface area contributed by atoms with Crippen LogP contribution in [0.25, 0.3) is 5.69 Å². The number of hydrogen-bond donors (Lipinski definition) is 0. The molecule has 1 saturated heterocycles. The molecule has 0 radical (unpaired) electrons. The number of aromatic nitrogens is 2. The summed E-state index contributed by atoms with van der Waals surface area (Å²) in [5.41, 5.74) is 2.10. The Morgan fingerprint density at radius 2 is 2.00 bits per heavy atom. The minimum atomic E-state index is -3.39. The zero-order valence-corrected chi connectivity index (χ0v) is 16.3. The number of carbonyl (C=O) groups excluding carboxylic acids is 1. The van der Waals surface area contributed by atoms with E-state index in [0.717, 1.165) is 11.4 Å². The fraction of sp³-hybridized carbons (Fsp3) is 0.300. The van der Waals surface area contributed by atoms with Crippen LogP contribution in [0.3, 0.4) is 0 Å². The lowest BCUT2D eigenvalue weighted by Gasteiger charge is -2.16. The molecule has 0 unspecified atom stereocenters. The first-order chi connectivity index (χ1) is 13.5. The van der Waals surface area contributed by atoms with E-state index in [1.165, 1.54) is 6.26 Å². The highest BCUT2D eigenvalue weighted by Crippen LogP contribution is 2.24. The standard InChI is InChI=1S/C20H21N3O4S/c1-15-19(12-21-23(15)16-6-3-2-4-7-16)20(24)22-10-9-18(13-22)28(25,26)14-17-8-5-11-27-17/h2-8,11-12,18H,9-10,13-14H2,1H3/t18-/m1/s1. The fourth-order valence-corrected chi connectivity index (χ4v) is 5.20. The molecule has 1 aromatic carbocycles. The molecule has 8 heteroatoms. The predicted octanol–water partition coefficient (Wildman–Crippen LogP) is 2.60. The maximum absolute atomic E-state index is 13.0. The number of rotatable bonds is 5. The van der Waals surface area contributed by atoms with E-state index in [0.29, 0.717) is 24.3 Å². The Hall–Kier alpha value is -2.87. The minimum Gasteiger partial charge on any atom is -0.468 e. The lowest BCUT2D eigenvalue weighted by Crippen LogP contribution is -2.32. The van der Waals surface area contributed by atoms with Gasteiger partial charge in [-0.05, 0) is 37.6 Å². The van der Waals surface area contributed by atoms with E-state index >= 15 is 0 Å². The second-order valence-electron chi connectivity index (χ2n) is 6.94. The van der Waals surface area contributed by atoms with Gasteiger partial charge >= 0.3 is 0 Å². The average molecular weight is 399 g/mol. The second-order valence-corrected chi connectivity index (χ2v) is 9.22. The summed E-state index contributed by atoms with van der Waals surface area (Å²) in [5.74, 6) is 0.0950. The normalized spacial score (nSPS) is 17.2. The summed E-state index contributed by atoms with van der Waals surface area (Å²) in [7, 11) is -3.39. The van der Waals surface area contributed by atoms with Gasteiger partial charge in [-0.3, -0.25) is 4.79 Å². The van der Waals surface area contributed by atoms with Crippen molar-refractivity contribution < 1.29 is 17.6 Å². The zero-order valence-electron chi connectivity index (χ0n) is 15.5. The third kappa shape index (κ3) is 3.47. The Kier molecular flexibility index (Phi) is 4.80. The molecule has 0 saturated carbocycles. The smallest absolute Gasteiger partial charge is 0.257 e. The van der Waals surface area contributed by atoms with Crippen molar-refractivity contribution in [2.24, 2.45) is 0 Å². The molecule has 0 aliphatic carbocycles. The minimum absolute atomic E-state index is 0.141. The van der Waals surface area contributed by atoms with Gasteiger partial charge in [0.1, 0.15) is 11.5 Å². The number of hydrogen-bond acceptors (Lipinski definition) is 5. The number of para-hydroxylation sites is 1. The molecule has 1 aliphatic rings.